The van der Waals surface area contributed by atoms with E-state index in [1.165, 1.54) is 21.5 Å². The van der Waals surface area contributed by atoms with E-state index >= 15 is 0 Å². The molecule has 3 rings (SSSR count). The summed E-state index contributed by atoms with van der Waals surface area (Å²) in [6, 6.07) is 8.64. The van der Waals surface area contributed by atoms with Crippen LogP contribution in [0.25, 0.3) is 21.5 Å². The van der Waals surface area contributed by atoms with Crippen LogP contribution in [0.4, 0.5) is 0 Å². The highest BCUT2D eigenvalue weighted by atomic mass is 14.7. The second-order valence-corrected chi connectivity index (χ2v) is 4.96. The van der Waals surface area contributed by atoms with E-state index in [-0.39, 0.29) is 0 Å². The van der Waals surface area contributed by atoms with E-state index in [1.54, 1.807) is 0 Å². The Morgan fingerprint density at radius 2 is 1.39 bits per heavy atom. The number of hydrogen-bond acceptors (Lipinski definition) is 2. The van der Waals surface area contributed by atoms with Crippen molar-refractivity contribution in [1.82, 2.24) is 9.97 Å². The molecule has 0 amide bonds. The predicted molar refractivity (Wildman–Crippen MR) is 76.0 cm³/mol. The number of aromatic nitrogens is 2. The molecule has 2 heterocycles. The molecule has 0 aliphatic heterocycles. The summed E-state index contributed by atoms with van der Waals surface area (Å²) in [6.45, 7) is 8.24. The fraction of sp³-hybridized carbons (Fsp3) is 0.250. The first kappa shape index (κ1) is 11.1. The van der Waals surface area contributed by atoms with Crippen LogP contribution < -0.4 is 0 Å². The molecule has 0 saturated carbocycles. The molecule has 0 fully saturated rings. The molecule has 0 aliphatic carbocycles. The molecular formula is C16H16N2. The fourth-order valence-corrected chi connectivity index (χ4v) is 2.77. The van der Waals surface area contributed by atoms with Crippen LogP contribution >= 0.6 is 0 Å². The summed E-state index contributed by atoms with van der Waals surface area (Å²) in [5.74, 6) is 0. The van der Waals surface area contributed by atoms with Gasteiger partial charge in [-0.05, 0) is 50.6 Å². The normalized spacial score (nSPS) is 11.3. The van der Waals surface area contributed by atoms with Crippen molar-refractivity contribution in [3.8, 4) is 0 Å². The van der Waals surface area contributed by atoms with Gasteiger partial charge in [0.15, 0.2) is 0 Å². The smallest absolute Gasteiger partial charge is 0.0460 e. The first-order valence-electron chi connectivity index (χ1n) is 6.21. The van der Waals surface area contributed by atoms with E-state index in [0.29, 0.717) is 0 Å². The summed E-state index contributed by atoms with van der Waals surface area (Å²) in [7, 11) is 0. The molecule has 2 aromatic heterocycles. The lowest BCUT2D eigenvalue weighted by Gasteiger charge is -2.10. The quantitative estimate of drug-likeness (QED) is 0.551. The van der Waals surface area contributed by atoms with Gasteiger partial charge in [-0.3, -0.25) is 9.97 Å². The average Bonchev–Trinajstić information content (AvgIpc) is 2.26. The van der Waals surface area contributed by atoms with Crippen LogP contribution in [0.2, 0.25) is 0 Å². The lowest BCUT2D eigenvalue weighted by atomic mass is 10.00. The van der Waals surface area contributed by atoms with E-state index in [9.17, 15) is 0 Å². The Hall–Kier alpha value is -1.96. The molecule has 0 atom stereocenters. The van der Waals surface area contributed by atoms with Gasteiger partial charge in [-0.15, -0.1) is 0 Å². The Morgan fingerprint density at radius 1 is 0.722 bits per heavy atom. The second-order valence-electron chi connectivity index (χ2n) is 4.96. The van der Waals surface area contributed by atoms with Gasteiger partial charge < -0.3 is 0 Å². The second kappa shape index (κ2) is 3.77. The van der Waals surface area contributed by atoms with Crippen molar-refractivity contribution < 1.29 is 0 Å². The standard InChI is InChI=1S/C16H16N2/c1-9-7-13-5-6-14-11(3)17-10(2)8-15(14)16(13)12(4)18-9/h5-8H,1-4H3. The van der Waals surface area contributed by atoms with Crippen LogP contribution in [0, 0.1) is 27.7 Å². The van der Waals surface area contributed by atoms with Crippen LogP contribution in [0.3, 0.4) is 0 Å². The van der Waals surface area contributed by atoms with Crippen LogP contribution in [-0.4, -0.2) is 9.97 Å². The van der Waals surface area contributed by atoms with Crippen LogP contribution in [0.15, 0.2) is 24.3 Å². The third-order valence-corrected chi connectivity index (χ3v) is 3.44. The van der Waals surface area contributed by atoms with Crippen LogP contribution in [0.5, 0.6) is 0 Å². The largest absolute Gasteiger partial charge is 0.258 e. The van der Waals surface area contributed by atoms with Crippen LogP contribution in [-0.2, 0) is 0 Å². The lowest BCUT2D eigenvalue weighted by molar-refractivity contribution is 1.14. The minimum Gasteiger partial charge on any atom is -0.258 e. The molecule has 0 spiro atoms. The minimum atomic E-state index is 1.06. The van der Waals surface area contributed by atoms with E-state index in [2.05, 4.69) is 48.1 Å². The van der Waals surface area contributed by atoms with Crippen LogP contribution in [0.1, 0.15) is 22.8 Å². The number of fused-ring (bicyclic) bond motifs is 3. The molecule has 0 aliphatic rings. The van der Waals surface area contributed by atoms with E-state index in [1.807, 2.05) is 13.8 Å². The number of benzene rings is 1. The summed E-state index contributed by atoms with van der Waals surface area (Å²) in [5, 5.41) is 5.01. The van der Waals surface area contributed by atoms with Gasteiger partial charge in [0.05, 0.1) is 0 Å². The Balaban J connectivity index is 2.60. The summed E-state index contributed by atoms with van der Waals surface area (Å²) >= 11 is 0. The van der Waals surface area contributed by atoms with Gasteiger partial charge in [-0.2, -0.15) is 0 Å². The number of pyridine rings is 2. The first-order valence-corrected chi connectivity index (χ1v) is 6.21. The SMILES string of the molecule is Cc1cc2c(ccc3cc(C)nc(C)c32)c(C)n1. The predicted octanol–water partition coefficient (Wildman–Crippen LogP) is 4.02. The van der Waals surface area contributed by atoms with Crippen molar-refractivity contribution in [2.45, 2.75) is 27.7 Å². The van der Waals surface area contributed by atoms with Crippen molar-refractivity contribution in [2.24, 2.45) is 0 Å². The maximum Gasteiger partial charge on any atom is 0.0460 e. The zero-order chi connectivity index (χ0) is 12.9. The molecule has 2 nitrogen and oxygen atoms in total. The van der Waals surface area contributed by atoms with Gasteiger partial charge in [0.25, 0.3) is 0 Å². The Kier molecular flexibility index (Phi) is 2.34. The van der Waals surface area contributed by atoms with E-state index < -0.39 is 0 Å². The van der Waals surface area contributed by atoms with Gasteiger partial charge in [0.2, 0.25) is 0 Å². The molecule has 0 radical (unpaired) electrons. The average molecular weight is 236 g/mol. The topological polar surface area (TPSA) is 25.8 Å². The van der Waals surface area contributed by atoms with E-state index in [0.717, 1.165) is 22.8 Å². The van der Waals surface area contributed by atoms with Crippen molar-refractivity contribution in [1.29, 1.82) is 0 Å². The molecule has 0 N–H and O–H groups in total. The molecule has 0 bridgehead atoms. The first-order chi connectivity index (χ1) is 8.56. The number of nitrogens with zero attached hydrogens (tertiary/aromatic N) is 2. The number of aryl methyl sites for hydroxylation is 4. The van der Waals surface area contributed by atoms with E-state index in [4.69, 9.17) is 0 Å². The highest BCUT2D eigenvalue weighted by molar-refractivity contribution is 6.09. The van der Waals surface area contributed by atoms with Crippen molar-refractivity contribution in [2.75, 3.05) is 0 Å². The Bertz CT molecular complexity index is 773. The summed E-state index contributed by atoms with van der Waals surface area (Å²) in [4.78, 5) is 9.13. The van der Waals surface area contributed by atoms with Crippen molar-refractivity contribution >= 4 is 21.5 Å². The molecule has 1 aromatic carbocycles. The lowest BCUT2D eigenvalue weighted by Crippen LogP contribution is -1.93. The Morgan fingerprint density at radius 3 is 2.17 bits per heavy atom. The maximum absolute atomic E-state index is 4.59. The monoisotopic (exact) mass is 236 g/mol. The van der Waals surface area contributed by atoms with Gasteiger partial charge in [0, 0.05) is 33.5 Å². The molecule has 3 aromatic rings. The molecule has 2 heteroatoms. The zero-order valence-electron chi connectivity index (χ0n) is 11.2. The fourth-order valence-electron chi connectivity index (χ4n) is 2.77. The van der Waals surface area contributed by atoms with Crippen molar-refractivity contribution in [3.63, 3.8) is 0 Å². The highest BCUT2D eigenvalue weighted by Crippen LogP contribution is 2.29. The molecule has 0 unspecified atom stereocenters. The Labute approximate surface area is 107 Å². The number of hydrogen-bond donors (Lipinski definition) is 0. The van der Waals surface area contributed by atoms with Gasteiger partial charge in [0.1, 0.15) is 0 Å². The highest BCUT2D eigenvalue weighted by Gasteiger charge is 2.08. The number of rotatable bonds is 0. The summed E-state index contributed by atoms with van der Waals surface area (Å²) in [5.41, 5.74) is 4.32. The molecule has 90 valence electrons. The third kappa shape index (κ3) is 1.57. The van der Waals surface area contributed by atoms with Gasteiger partial charge in [-0.25, -0.2) is 0 Å². The third-order valence-electron chi connectivity index (χ3n) is 3.44. The summed E-state index contributed by atoms with van der Waals surface area (Å²) < 4.78 is 0. The maximum atomic E-state index is 4.59. The molecule has 18 heavy (non-hydrogen) atoms. The molecular weight excluding hydrogens is 220 g/mol. The van der Waals surface area contributed by atoms with Crippen molar-refractivity contribution in [3.05, 3.63) is 47.0 Å². The molecule has 0 saturated heterocycles. The summed E-state index contributed by atoms with van der Waals surface area (Å²) in [6.07, 6.45) is 0. The van der Waals surface area contributed by atoms with Gasteiger partial charge >= 0.3 is 0 Å². The minimum absolute atomic E-state index is 1.06. The zero-order valence-corrected chi connectivity index (χ0v) is 11.2. The van der Waals surface area contributed by atoms with Gasteiger partial charge in [-0.1, -0.05) is 12.1 Å².